The van der Waals surface area contributed by atoms with Gasteiger partial charge in [-0.1, -0.05) is 0 Å². The number of hydrogen-bond donors (Lipinski definition) is 10. The summed E-state index contributed by atoms with van der Waals surface area (Å²) in [6, 6.07) is -1.99. The van der Waals surface area contributed by atoms with Crippen molar-refractivity contribution in [2.24, 2.45) is 11.5 Å². The molecule has 0 aliphatic heterocycles. The van der Waals surface area contributed by atoms with Crippen LogP contribution < -0.4 is 11.5 Å². The highest BCUT2D eigenvalue weighted by atomic mass is 16.4. The summed E-state index contributed by atoms with van der Waals surface area (Å²) in [6.07, 6.45) is -0.888. The molecule has 0 spiro atoms. The van der Waals surface area contributed by atoms with Crippen LogP contribution in [0.1, 0.15) is 64.2 Å². The first-order chi connectivity index (χ1) is 19.1. The fourth-order valence-electron chi connectivity index (χ4n) is 1.83. The molecule has 0 saturated carbocycles. The Morgan fingerprint density at radius 2 is 0.738 bits per heavy atom. The molecule has 0 aromatic carbocycles. The topological polar surface area (TPSA) is 385 Å². The third-order valence-electron chi connectivity index (χ3n) is 4.05. The molecule has 0 saturated heterocycles. The van der Waals surface area contributed by atoms with Gasteiger partial charge in [0.25, 0.3) is 0 Å². The Bertz CT molecular complexity index is 961. The van der Waals surface area contributed by atoms with E-state index in [0.717, 1.165) is 0 Å². The number of carboxylic acids is 8. The molecule has 0 amide bonds. The third kappa shape index (κ3) is 37.2. The molecule has 12 N–H and O–H groups in total. The molecule has 240 valence electrons. The lowest BCUT2D eigenvalue weighted by Crippen LogP contribution is -2.30. The van der Waals surface area contributed by atoms with Gasteiger partial charge in [0.05, 0.1) is 6.42 Å². The Kier molecular flexibility index (Phi) is 27.5. The van der Waals surface area contributed by atoms with Crippen LogP contribution in [0.2, 0.25) is 0 Å². The van der Waals surface area contributed by atoms with Gasteiger partial charge in [-0.2, -0.15) is 0 Å². The van der Waals surface area contributed by atoms with Crippen LogP contribution in [0.15, 0.2) is 0 Å². The molecule has 0 aromatic heterocycles. The summed E-state index contributed by atoms with van der Waals surface area (Å²) < 4.78 is 0. The number of Topliss-reactive ketones (excluding diaryl/α,β-unsaturated/α-hetero) is 2. The minimum atomic E-state index is -1.58. The van der Waals surface area contributed by atoms with E-state index in [1.54, 1.807) is 0 Å². The molecule has 0 bridgehead atoms. The van der Waals surface area contributed by atoms with Gasteiger partial charge in [-0.05, 0) is 25.7 Å². The highest BCUT2D eigenvalue weighted by Crippen LogP contribution is 1.99. The van der Waals surface area contributed by atoms with E-state index >= 15 is 0 Å². The van der Waals surface area contributed by atoms with Crippen LogP contribution in [-0.4, -0.2) is 112 Å². The average molecular weight is 615 g/mol. The van der Waals surface area contributed by atoms with Gasteiger partial charge in [0.1, 0.15) is 12.1 Å². The summed E-state index contributed by atoms with van der Waals surface area (Å²) in [5, 5.41) is 64.8. The first-order valence-electron chi connectivity index (χ1n) is 11.5. The lowest BCUT2D eigenvalue weighted by Gasteiger charge is -2.02. The van der Waals surface area contributed by atoms with Gasteiger partial charge in [0.15, 0.2) is 0 Å². The molecule has 42 heavy (non-hydrogen) atoms. The molecule has 0 radical (unpaired) electrons. The minimum absolute atomic E-state index is 0.0231. The first kappa shape index (κ1) is 44.1. The van der Waals surface area contributed by atoms with Crippen molar-refractivity contribution in [3.63, 3.8) is 0 Å². The minimum Gasteiger partial charge on any atom is -0.481 e. The molecule has 0 fully saturated rings. The molecule has 2 unspecified atom stereocenters. The van der Waals surface area contributed by atoms with Crippen molar-refractivity contribution in [3.05, 3.63) is 0 Å². The first-order valence-corrected chi connectivity index (χ1v) is 11.5. The maximum absolute atomic E-state index is 10.3. The van der Waals surface area contributed by atoms with E-state index in [-0.39, 0.29) is 44.9 Å². The van der Waals surface area contributed by atoms with Crippen molar-refractivity contribution in [2.45, 2.75) is 76.3 Å². The summed E-state index contributed by atoms with van der Waals surface area (Å²) in [7, 11) is 0. The molecule has 0 aliphatic carbocycles. The van der Waals surface area contributed by atoms with Crippen molar-refractivity contribution in [2.75, 3.05) is 0 Å². The monoisotopic (exact) mass is 614 g/mol. The van der Waals surface area contributed by atoms with E-state index < -0.39 is 84.2 Å². The van der Waals surface area contributed by atoms with E-state index in [1.807, 2.05) is 0 Å². The zero-order valence-electron chi connectivity index (χ0n) is 22.0. The zero-order valence-corrected chi connectivity index (χ0v) is 22.0. The van der Waals surface area contributed by atoms with E-state index in [9.17, 15) is 47.9 Å². The lowest BCUT2D eigenvalue weighted by molar-refractivity contribution is -0.150. The van der Waals surface area contributed by atoms with Crippen molar-refractivity contribution >= 4 is 59.3 Å². The van der Waals surface area contributed by atoms with Crippen LogP contribution >= 0.6 is 0 Å². The smallest absolute Gasteiger partial charge is 0.372 e. The fraction of sp³-hybridized carbons (Fsp3) is 0.545. The summed E-state index contributed by atoms with van der Waals surface area (Å²) in [5.74, 6) is -11.5. The predicted octanol–water partition coefficient (Wildman–Crippen LogP) is -1.68. The van der Waals surface area contributed by atoms with Crippen LogP contribution in [0.4, 0.5) is 0 Å². The normalized spacial score (nSPS) is 10.7. The maximum Gasteiger partial charge on any atom is 0.372 e. The predicted molar refractivity (Wildman–Crippen MR) is 133 cm³/mol. The molecular formula is C22H34N2O18. The number of carbonyl (C=O) groups is 10. The fourth-order valence-corrected chi connectivity index (χ4v) is 1.83. The summed E-state index contributed by atoms with van der Waals surface area (Å²) in [5.41, 5.74) is 10.1. The van der Waals surface area contributed by atoms with Crippen molar-refractivity contribution in [3.8, 4) is 0 Å². The van der Waals surface area contributed by atoms with Gasteiger partial charge >= 0.3 is 47.8 Å². The Balaban J connectivity index is -0.000000229. The van der Waals surface area contributed by atoms with E-state index in [1.165, 1.54) is 0 Å². The van der Waals surface area contributed by atoms with E-state index in [4.69, 9.17) is 52.3 Å². The molecule has 20 heteroatoms. The van der Waals surface area contributed by atoms with Gasteiger partial charge < -0.3 is 52.3 Å². The molecule has 0 aliphatic rings. The second kappa shape index (κ2) is 26.3. The number of hydrogen-bond acceptors (Lipinski definition) is 12. The number of nitrogens with two attached hydrogens (primary N) is 2. The standard InChI is InChI=1S/C6H11NO4.C6H8O5.C5H9NO4.C5H6O5/c2*7-4(6(10)11)2-1-3-5(8)9;2*6-3(5(9)10)1-2-4(7)8/h4H,1-3,7H2,(H,8,9)(H,10,11);1-3H2,(H,8,9)(H,10,11);3H,1-2,6H2,(H,7,8)(H,9,10);1-2H2,(H,7,8)(H,9,10). The maximum atomic E-state index is 10.3. The van der Waals surface area contributed by atoms with E-state index in [2.05, 4.69) is 0 Å². The summed E-state index contributed by atoms with van der Waals surface area (Å²) in [4.78, 5) is 99.8. The van der Waals surface area contributed by atoms with E-state index in [0.29, 0.717) is 6.42 Å². The van der Waals surface area contributed by atoms with Gasteiger partial charge in [0, 0.05) is 32.1 Å². The van der Waals surface area contributed by atoms with Gasteiger partial charge in [-0.25, -0.2) is 9.59 Å². The average Bonchev–Trinajstić information content (AvgIpc) is 2.85. The molecule has 0 aromatic rings. The van der Waals surface area contributed by atoms with Crippen LogP contribution in [0, 0.1) is 0 Å². The second-order valence-corrected chi connectivity index (χ2v) is 7.71. The second-order valence-electron chi connectivity index (χ2n) is 7.71. The third-order valence-corrected chi connectivity index (χ3v) is 4.05. The number of carboxylic acid groups (broad SMARTS) is 8. The Labute approximate surface area is 236 Å². The number of carbonyl (C=O) groups excluding carboxylic acids is 2. The quantitative estimate of drug-likeness (QED) is 0.0770. The molecule has 0 heterocycles. The SMILES string of the molecule is NC(CCC(=O)O)C(=O)O.NC(CCCC(=O)O)C(=O)O.O=C(O)CCC(=O)C(=O)O.O=C(O)CCCC(=O)C(=O)O. The van der Waals surface area contributed by atoms with Crippen LogP contribution in [0.25, 0.3) is 0 Å². The van der Waals surface area contributed by atoms with Crippen LogP contribution in [0.3, 0.4) is 0 Å². The molecule has 2 atom stereocenters. The molecule has 20 nitrogen and oxygen atoms in total. The highest BCUT2D eigenvalue weighted by molar-refractivity contribution is 6.33. The Hall–Kier alpha value is -4.98. The zero-order chi connectivity index (χ0) is 34.0. The van der Waals surface area contributed by atoms with Crippen molar-refractivity contribution in [1.29, 1.82) is 0 Å². The Morgan fingerprint density at radius 1 is 0.405 bits per heavy atom. The molecular weight excluding hydrogens is 580 g/mol. The molecule has 0 rings (SSSR count). The summed E-state index contributed by atoms with van der Waals surface area (Å²) >= 11 is 0. The van der Waals surface area contributed by atoms with Gasteiger partial charge in [-0.15, -0.1) is 0 Å². The lowest BCUT2D eigenvalue weighted by atomic mass is 10.1. The number of aliphatic carboxylic acids is 8. The van der Waals surface area contributed by atoms with Crippen molar-refractivity contribution < 1.29 is 88.8 Å². The number of ketones is 2. The van der Waals surface area contributed by atoms with Crippen LogP contribution in [-0.2, 0) is 47.9 Å². The number of rotatable bonds is 18. The summed E-state index contributed by atoms with van der Waals surface area (Å²) in [6.45, 7) is 0. The Morgan fingerprint density at radius 3 is 1.07 bits per heavy atom. The highest BCUT2D eigenvalue weighted by Gasteiger charge is 2.13. The van der Waals surface area contributed by atoms with Gasteiger partial charge in [-0.3, -0.25) is 38.4 Å². The van der Waals surface area contributed by atoms with Gasteiger partial charge in [0.2, 0.25) is 11.6 Å². The van der Waals surface area contributed by atoms with Crippen LogP contribution in [0.5, 0.6) is 0 Å². The van der Waals surface area contributed by atoms with Crippen molar-refractivity contribution in [1.82, 2.24) is 0 Å². The largest absolute Gasteiger partial charge is 0.481 e.